The maximum atomic E-state index is 13.0. The first-order valence-corrected chi connectivity index (χ1v) is 8.24. The molecule has 0 unspecified atom stereocenters. The molecular weight excluding hydrogens is 328 g/mol. The first kappa shape index (κ1) is 15.8. The van der Waals surface area contributed by atoms with E-state index in [1.54, 1.807) is 6.20 Å². The largest absolute Gasteiger partial charge is 0.295 e. The zero-order valence-electron chi connectivity index (χ0n) is 14.3. The number of nitriles is 1. The third-order valence-corrected chi connectivity index (χ3v) is 4.34. The van der Waals surface area contributed by atoms with Crippen molar-refractivity contribution >= 4 is 5.65 Å². The fraction of sp³-hybridized carbons (Fsp3) is 0.158. The van der Waals surface area contributed by atoms with Gasteiger partial charge in [0.25, 0.3) is 5.56 Å². The van der Waals surface area contributed by atoms with E-state index in [0.717, 1.165) is 16.8 Å². The summed E-state index contributed by atoms with van der Waals surface area (Å²) in [6.45, 7) is 3.92. The minimum Gasteiger partial charge on any atom is -0.295 e. The molecule has 7 nitrogen and oxygen atoms in total. The maximum Gasteiger partial charge on any atom is 0.276 e. The Bertz CT molecular complexity index is 1190. The molecule has 0 aliphatic carbocycles. The third-order valence-electron chi connectivity index (χ3n) is 4.34. The third kappa shape index (κ3) is 2.40. The molecular formula is C19H16N6O. The molecule has 0 saturated carbocycles. The van der Waals surface area contributed by atoms with Gasteiger partial charge in [0.05, 0.1) is 11.4 Å². The van der Waals surface area contributed by atoms with E-state index in [2.05, 4.69) is 26.3 Å². The summed E-state index contributed by atoms with van der Waals surface area (Å²) in [5, 5.41) is 19.0. The van der Waals surface area contributed by atoms with Crippen molar-refractivity contribution in [3.8, 4) is 28.6 Å². The summed E-state index contributed by atoms with van der Waals surface area (Å²) in [6.07, 6.45) is 3.19. The van der Waals surface area contributed by atoms with Crippen molar-refractivity contribution in [1.82, 2.24) is 24.8 Å². The summed E-state index contributed by atoms with van der Waals surface area (Å²) in [5.74, 6) is -0.0217. The van der Waals surface area contributed by atoms with Crippen LogP contribution in [-0.4, -0.2) is 24.8 Å². The standard InChI is InChI=1S/C19H16N6O/c1-11(2)16-17(23-18-14(9-20)10-22-25(18)19(16)26)13-5-3-4-12(8-13)15-6-7-21-24-15/h3-8,10-11,22H,1-2H3,(H,21,24). The van der Waals surface area contributed by atoms with Crippen molar-refractivity contribution in [3.05, 3.63) is 64.2 Å². The van der Waals surface area contributed by atoms with E-state index in [1.807, 2.05) is 44.2 Å². The van der Waals surface area contributed by atoms with Crippen LogP contribution >= 0.6 is 0 Å². The van der Waals surface area contributed by atoms with Crippen molar-refractivity contribution in [1.29, 1.82) is 5.26 Å². The van der Waals surface area contributed by atoms with E-state index in [9.17, 15) is 10.1 Å². The highest BCUT2D eigenvalue weighted by Gasteiger charge is 2.20. The molecule has 0 aliphatic rings. The molecule has 7 heteroatoms. The van der Waals surface area contributed by atoms with E-state index in [4.69, 9.17) is 0 Å². The number of hydrogen-bond acceptors (Lipinski definition) is 4. The van der Waals surface area contributed by atoms with Crippen LogP contribution in [0.15, 0.2) is 47.5 Å². The quantitative estimate of drug-likeness (QED) is 0.596. The van der Waals surface area contributed by atoms with Gasteiger partial charge in [0.15, 0.2) is 5.65 Å². The monoisotopic (exact) mass is 344 g/mol. The lowest BCUT2D eigenvalue weighted by molar-refractivity contribution is 0.797. The van der Waals surface area contributed by atoms with E-state index >= 15 is 0 Å². The van der Waals surface area contributed by atoms with Gasteiger partial charge in [0, 0.05) is 29.1 Å². The van der Waals surface area contributed by atoms with Gasteiger partial charge >= 0.3 is 0 Å². The summed E-state index contributed by atoms with van der Waals surface area (Å²) in [4.78, 5) is 17.6. The predicted octanol–water partition coefficient (Wildman–Crippen LogP) is 3.07. The van der Waals surface area contributed by atoms with Crippen LogP contribution in [0.1, 0.15) is 30.9 Å². The lowest BCUT2D eigenvalue weighted by Gasteiger charge is -2.12. The summed E-state index contributed by atoms with van der Waals surface area (Å²) in [7, 11) is 0. The number of nitrogens with zero attached hydrogens (tertiary/aromatic N) is 4. The van der Waals surface area contributed by atoms with Crippen molar-refractivity contribution in [2.45, 2.75) is 19.8 Å². The Morgan fingerprint density at radius 2 is 2.04 bits per heavy atom. The molecule has 0 spiro atoms. The Morgan fingerprint density at radius 3 is 2.73 bits per heavy atom. The van der Waals surface area contributed by atoms with E-state index in [1.165, 1.54) is 10.7 Å². The highest BCUT2D eigenvalue weighted by molar-refractivity contribution is 5.73. The lowest BCUT2D eigenvalue weighted by atomic mass is 9.96. The second-order valence-corrected chi connectivity index (χ2v) is 6.34. The fourth-order valence-corrected chi connectivity index (χ4v) is 3.10. The molecule has 3 heterocycles. The van der Waals surface area contributed by atoms with E-state index < -0.39 is 0 Å². The number of rotatable bonds is 3. The molecule has 128 valence electrons. The van der Waals surface area contributed by atoms with Crippen LogP contribution < -0.4 is 5.56 Å². The van der Waals surface area contributed by atoms with Crippen LogP contribution in [0.2, 0.25) is 0 Å². The Hall–Kier alpha value is -3.66. The summed E-state index contributed by atoms with van der Waals surface area (Å²) in [6, 6.07) is 11.7. The van der Waals surface area contributed by atoms with Crippen LogP contribution in [0, 0.1) is 11.3 Å². The average molecular weight is 344 g/mol. The molecule has 0 saturated heterocycles. The Balaban J connectivity index is 2.02. The number of fused-ring (bicyclic) bond motifs is 1. The topological polar surface area (TPSA) is 103 Å². The van der Waals surface area contributed by atoms with Gasteiger partial charge in [-0.3, -0.25) is 15.0 Å². The first-order valence-electron chi connectivity index (χ1n) is 8.24. The number of benzene rings is 1. The molecule has 26 heavy (non-hydrogen) atoms. The van der Waals surface area contributed by atoms with Crippen LogP contribution in [0.25, 0.3) is 28.2 Å². The van der Waals surface area contributed by atoms with E-state index in [-0.39, 0.29) is 11.5 Å². The van der Waals surface area contributed by atoms with Gasteiger partial charge in [0.1, 0.15) is 11.6 Å². The van der Waals surface area contributed by atoms with Crippen molar-refractivity contribution in [2.75, 3.05) is 0 Å². The van der Waals surface area contributed by atoms with E-state index in [0.29, 0.717) is 22.5 Å². The molecule has 0 fully saturated rings. The Kier molecular flexibility index (Phi) is 3.66. The second kappa shape index (κ2) is 6.01. The van der Waals surface area contributed by atoms with Crippen molar-refractivity contribution in [2.24, 2.45) is 0 Å². The van der Waals surface area contributed by atoms with Crippen LogP contribution in [0.4, 0.5) is 0 Å². The average Bonchev–Trinajstić information content (AvgIpc) is 3.31. The Morgan fingerprint density at radius 1 is 1.23 bits per heavy atom. The van der Waals surface area contributed by atoms with Crippen LogP contribution in [-0.2, 0) is 0 Å². The van der Waals surface area contributed by atoms with Gasteiger partial charge < -0.3 is 0 Å². The highest BCUT2D eigenvalue weighted by atomic mass is 16.1. The molecule has 0 aliphatic heterocycles. The Labute approximate surface area is 148 Å². The number of hydrogen-bond donors (Lipinski definition) is 2. The zero-order valence-corrected chi connectivity index (χ0v) is 14.3. The zero-order chi connectivity index (χ0) is 18.3. The maximum absolute atomic E-state index is 13.0. The van der Waals surface area contributed by atoms with Crippen LogP contribution in [0.3, 0.4) is 0 Å². The van der Waals surface area contributed by atoms with Gasteiger partial charge in [-0.1, -0.05) is 32.0 Å². The summed E-state index contributed by atoms with van der Waals surface area (Å²) < 4.78 is 1.33. The van der Waals surface area contributed by atoms with Gasteiger partial charge in [0.2, 0.25) is 0 Å². The van der Waals surface area contributed by atoms with Gasteiger partial charge in [-0.05, 0) is 18.1 Å². The molecule has 0 atom stereocenters. The van der Waals surface area contributed by atoms with Crippen LogP contribution in [0.5, 0.6) is 0 Å². The smallest absolute Gasteiger partial charge is 0.276 e. The number of nitrogens with one attached hydrogen (secondary N) is 2. The fourth-order valence-electron chi connectivity index (χ4n) is 3.10. The van der Waals surface area contributed by atoms with Crippen molar-refractivity contribution in [3.63, 3.8) is 0 Å². The predicted molar refractivity (Wildman–Crippen MR) is 97.6 cm³/mol. The van der Waals surface area contributed by atoms with Crippen molar-refractivity contribution < 1.29 is 0 Å². The summed E-state index contributed by atoms with van der Waals surface area (Å²) >= 11 is 0. The number of aromatic amines is 2. The lowest BCUT2D eigenvalue weighted by Crippen LogP contribution is -2.22. The van der Waals surface area contributed by atoms with Gasteiger partial charge in [-0.25, -0.2) is 9.50 Å². The molecule has 2 N–H and O–H groups in total. The highest BCUT2D eigenvalue weighted by Crippen LogP contribution is 2.29. The molecule has 1 aromatic carbocycles. The molecule has 4 rings (SSSR count). The SMILES string of the molecule is CC(C)c1c(-c2cccc(-c3ccn[nH]3)c2)nc2c(C#N)c[nH]n2c1=O. The minimum atomic E-state index is -0.187. The minimum absolute atomic E-state index is 0.0217. The first-order chi connectivity index (χ1) is 12.6. The number of H-pyrrole nitrogens is 2. The normalized spacial score (nSPS) is 11.2. The number of aromatic nitrogens is 5. The molecule has 3 aromatic heterocycles. The van der Waals surface area contributed by atoms with Gasteiger partial charge in [-0.15, -0.1) is 0 Å². The summed E-state index contributed by atoms with van der Waals surface area (Å²) in [5.41, 5.74) is 4.35. The molecule has 0 radical (unpaired) electrons. The molecule has 4 aromatic rings. The molecule has 0 bridgehead atoms. The second-order valence-electron chi connectivity index (χ2n) is 6.34. The molecule has 0 amide bonds. The van der Waals surface area contributed by atoms with Gasteiger partial charge in [-0.2, -0.15) is 10.4 Å².